The first-order valence-corrected chi connectivity index (χ1v) is 16.8. The van der Waals surface area contributed by atoms with E-state index in [0.29, 0.717) is 31.2 Å². The van der Waals surface area contributed by atoms with Crippen molar-refractivity contribution in [3.63, 3.8) is 0 Å². The van der Waals surface area contributed by atoms with Gasteiger partial charge in [-0.05, 0) is 43.4 Å². The van der Waals surface area contributed by atoms with Crippen LogP contribution < -0.4 is 15.4 Å². The van der Waals surface area contributed by atoms with Crippen LogP contribution in [0.2, 0.25) is 0 Å². The molecule has 1 fully saturated rings. The van der Waals surface area contributed by atoms with Crippen LogP contribution in [0, 0.1) is 11.3 Å². The van der Waals surface area contributed by atoms with Gasteiger partial charge in [-0.25, -0.2) is 26.4 Å². The minimum Gasteiger partial charge on any atom is -0.508 e. The number of rotatable bonds is 16. The highest BCUT2D eigenvalue weighted by Gasteiger charge is 2.45. The first-order valence-electron chi connectivity index (χ1n) is 12.9. The Kier molecular flexibility index (Phi) is 11.7. The molecule has 2 unspecified atom stereocenters. The SMILES string of the molecule is CS(=O)(=O)CCC(NS(C)(=O)=O)C(=O)NCC(CC1(C(=O)N[C@@H](Cc2ccc(O)cc2)C(=O)O)CCCC1)C(=O)O. The highest BCUT2D eigenvalue weighted by Crippen LogP contribution is 2.43. The molecule has 0 heterocycles. The molecule has 1 aromatic carbocycles. The monoisotopic (exact) mass is 619 g/mol. The fraction of sp³-hybridized carbons (Fsp3) is 0.600. The molecule has 3 atom stereocenters. The van der Waals surface area contributed by atoms with Gasteiger partial charge in [0.05, 0.1) is 23.3 Å². The number of benzene rings is 1. The van der Waals surface area contributed by atoms with Crippen LogP contribution in [0.5, 0.6) is 5.75 Å². The second kappa shape index (κ2) is 14.1. The first-order chi connectivity index (χ1) is 18.9. The molecule has 230 valence electrons. The number of carboxylic acid groups (broad SMARTS) is 2. The van der Waals surface area contributed by atoms with E-state index in [-0.39, 0.29) is 25.0 Å². The van der Waals surface area contributed by atoms with E-state index in [4.69, 9.17) is 0 Å². The number of amides is 2. The standard InChI is InChI=1S/C25H37N3O11S2/c1-40(36,37)12-9-19(28-41(2,38)39)21(30)26-15-17(22(31)32)14-25(10-3-4-11-25)24(35)27-20(23(33)34)13-16-5-7-18(29)8-6-16/h5-8,17,19-20,28-29H,3-4,9-15H2,1-2H3,(H,26,30)(H,27,35)(H,31,32)(H,33,34)/t17?,19?,20-/m0/s1. The number of carbonyl (C=O) groups is 4. The molecule has 1 aromatic rings. The maximum atomic E-state index is 13.4. The third kappa shape index (κ3) is 11.3. The van der Waals surface area contributed by atoms with Gasteiger partial charge in [-0.1, -0.05) is 25.0 Å². The van der Waals surface area contributed by atoms with Gasteiger partial charge in [0.2, 0.25) is 21.8 Å². The number of aromatic hydroxyl groups is 1. The average Bonchev–Trinajstić information content (AvgIpc) is 3.33. The summed E-state index contributed by atoms with van der Waals surface area (Å²) in [6.45, 7) is -0.472. The molecule has 0 saturated heterocycles. The molecule has 1 saturated carbocycles. The quantitative estimate of drug-likeness (QED) is 0.140. The van der Waals surface area contributed by atoms with Gasteiger partial charge >= 0.3 is 11.9 Å². The number of aliphatic carboxylic acids is 2. The minimum atomic E-state index is -3.91. The number of carbonyl (C=O) groups excluding carboxylic acids is 2. The molecule has 41 heavy (non-hydrogen) atoms. The number of hydrogen-bond acceptors (Lipinski definition) is 9. The number of hydrogen-bond donors (Lipinski definition) is 6. The summed E-state index contributed by atoms with van der Waals surface area (Å²) in [6, 6.07) is 3.04. The van der Waals surface area contributed by atoms with Crippen LogP contribution >= 0.6 is 0 Å². The Morgan fingerprint density at radius 2 is 1.51 bits per heavy atom. The second-order valence-corrected chi connectivity index (χ2v) is 14.6. The molecule has 1 aliphatic carbocycles. The Bertz CT molecular complexity index is 1320. The number of sulfonamides is 1. The summed E-state index contributed by atoms with van der Waals surface area (Å²) in [7, 11) is -7.44. The molecule has 0 aromatic heterocycles. The van der Waals surface area contributed by atoms with Gasteiger partial charge in [0, 0.05) is 19.2 Å². The largest absolute Gasteiger partial charge is 0.508 e. The van der Waals surface area contributed by atoms with Crippen molar-refractivity contribution < 1.29 is 51.3 Å². The number of nitrogens with one attached hydrogen (secondary N) is 3. The molecular formula is C25H37N3O11S2. The summed E-state index contributed by atoms with van der Waals surface area (Å²) >= 11 is 0. The van der Waals surface area contributed by atoms with Gasteiger partial charge < -0.3 is 26.0 Å². The summed E-state index contributed by atoms with van der Waals surface area (Å²) in [4.78, 5) is 50.2. The van der Waals surface area contributed by atoms with E-state index in [1.807, 2.05) is 0 Å². The van der Waals surface area contributed by atoms with Crippen molar-refractivity contribution in [3.05, 3.63) is 29.8 Å². The molecular weight excluding hydrogens is 582 g/mol. The van der Waals surface area contributed by atoms with Crippen molar-refractivity contribution in [2.24, 2.45) is 11.3 Å². The zero-order chi connectivity index (χ0) is 31.0. The summed E-state index contributed by atoms with van der Waals surface area (Å²) in [5.41, 5.74) is -0.660. The van der Waals surface area contributed by atoms with Crippen LogP contribution in [-0.4, -0.2) is 92.8 Å². The van der Waals surface area contributed by atoms with Gasteiger partial charge in [0.15, 0.2) is 0 Å². The Labute approximate surface area is 238 Å². The van der Waals surface area contributed by atoms with Crippen LogP contribution in [0.25, 0.3) is 0 Å². The maximum absolute atomic E-state index is 13.4. The predicted octanol–water partition coefficient (Wildman–Crippen LogP) is -0.376. The normalized spacial score (nSPS) is 17.2. The van der Waals surface area contributed by atoms with Crippen molar-refractivity contribution in [1.82, 2.24) is 15.4 Å². The lowest BCUT2D eigenvalue weighted by atomic mass is 9.76. The van der Waals surface area contributed by atoms with E-state index >= 15 is 0 Å². The molecule has 0 bridgehead atoms. The van der Waals surface area contributed by atoms with E-state index in [9.17, 15) is 51.3 Å². The molecule has 0 radical (unpaired) electrons. The van der Waals surface area contributed by atoms with E-state index in [0.717, 1.165) is 12.5 Å². The first kappa shape index (κ1) is 34.0. The smallest absolute Gasteiger partial charge is 0.326 e. The van der Waals surface area contributed by atoms with Crippen molar-refractivity contribution in [1.29, 1.82) is 0 Å². The van der Waals surface area contributed by atoms with Crippen LogP contribution in [-0.2, 0) is 45.5 Å². The van der Waals surface area contributed by atoms with Crippen LogP contribution in [0.1, 0.15) is 44.1 Å². The van der Waals surface area contributed by atoms with Crippen molar-refractivity contribution in [2.45, 2.75) is 57.0 Å². The number of phenols is 1. The van der Waals surface area contributed by atoms with E-state index in [2.05, 4.69) is 15.4 Å². The maximum Gasteiger partial charge on any atom is 0.326 e. The minimum absolute atomic E-state index is 0.00445. The van der Waals surface area contributed by atoms with Gasteiger partial charge in [0.1, 0.15) is 27.7 Å². The zero-order valence-electron chi connectivity index (χ0n) is 22.8. The lowest BCUT2D eigenvalue weighted by molar-refractivity contribution is -0.147. The third-order valence-corrected chi connectivity index (χ3v) is 8.67. The molecule has 2 amide bonds. The second-order valence-electron chi connectivity index (χ2n) is 10.6. The molecule has 0 spiro atoms. The van der Waals surface area contributed by atoms with Gasteiger partial charge in [-0.2, -0.15) is 0 Å². The number of carboxylic acids is 2. The lowest BCUT2D eigenvalue weighted by Crippen LogP contribution is -2.51. The molecule has 14 nitrogen and oxygen atoms in total. The van der Waals surface area contributed by atoms with E-state index in [1.165, 1.54) is 24.3 Å². The molecule has 6 N–H and O–H groups in total. The lowest BCUT2D eigenvalue weighted by Gasteiger charge is -2.32. The number of sulfone groups is 1. The molecule has 0 aliphatic heterocycles. The van der Waals surface area contributed by atoms with Crippen LogP contribution in [0.4, 0.5) is 0 Å². The van der Waals surface area contributed by atoms with E-state index in [1.54, 1.807) is 0 Å². The topological polar surface area (TPSA) is 233 Å². The highest BCUT2D eigenvalue weighted by atomic mass is 32.2. The molecule has 16 heteroatoms. The fourth-order valence-corrected chi connectivity index (χ4v) is 6.26. The Hall–Kier alpha value is -3.24. The van der Waals surface area contributed by atoms with E-state index < -0.39 is 79.3 Å². The zero-order valence-corrected chi connectivity index (χ0v) is 24.5. The highest BCUT2D eigenvalue weighted by molar-refractivity contribution is 7.90. The Morgan fingerprint density at radius 1 is 0.927 bits per heavy atom. The van der Waals surface area contributed by atoms with Crippen LogP contribution in [0.15, 0.2) is 24.3 Å². The predicted molar refractivity (Wildman–Crippen MR) is 147 cm³/mol. The van der Waals surface area contributed by atoms with Gasteiger partial charge in [-0.15, -0.1) is 0 Å². The summed E-state index contributed by atoms with van der Waals surface area (Å²) < 4.78 is 48.5. The van der Waals surface area contributed by atoms with Crippen molar-refractivity contribution >= 4 is 43.6 Å². The van der Waals surface area contributed by atoms with Gasteiger partial charge in [-0.3, -0.25) is 14.4 Å². The molecule has 1 aliphatic rings. The fourth-order valence-electron chi connectivity index (χ4n) is 4.85. The number of phenolic OH excluding ortho intramolecular Hbond substituents is 1. The van der Waals surface area contributed by atoms with Crippen molar-refractivity contribution in [2.75, 3.05) is 24.8 Å². The summed E-state index contributed by atoms with van der Waals surface area (Å²) in [6.07, 6.45) is 2.87. The van der Waals surface area contributed by atoms with Crippen molar-refractivity contribution in [3.8, 4) is 5.75 Å². The summed E-state index contributed by atoms with van der Waals surface area (Å²) in [5.74, 6) is -5.94. The average molecular weight is 620 g/mol. The molecule has 2 rings (SSSR count). The Morgan fingerprint density at radius 3 is 2.00 bits per heavy atom. The Balaban J connectivity index is 2.16. The van der Waals surface area contributed by atoms with Crippen LogP contribution in [0.3, 0.4) is 0 Å². The third-order valence-electron chi connectivity index (χ3n) is 6.98. The summed E-state index contributed by atoms with van der Waals surface area (Å²) in [5, 5.41) is 33.9. The van der Waals surface area contributed by atoms with Gasteiger partial charge in [0.25, 0.3) is 0 Å².